The SMILES string of the molecule is CC1CCCN(C(=O)c2ccc3cc(Br)ccc3c2)C1C. The molecule has 3 rings (SSSR count). The van der Waals surface area contributed by atoms with Crippen LogP contribution in [-0.2, 0) is 0 Å². The molecule has 2 atom stereocenters. The summed E-state index contributed by atoms with van der Waals surface area (Å²) in [4.78, 5) is 14.8. The summed E-state index contributed by atoms with van der Waals surface area (Å²) in [5.74, 6) is 0.748. The third-order valence-corrected chi connectivity index (χ3v) is 5.18. The van der Waals surface area contributed by atoms with E-state index in [9.17, 15) is 4.79 Å². The van der Waals surface area contributed by atoms with E-state index in [0.29, 0.717) is 12.0 Å². The van der Waals surface area contributed by atoms with Crippen molar-refractivity contribution >= 4 is 32.6 Å². The van der Waals surface area contributed by atoms with E-state index in [4.69, 9.17) is 0 Å². The van der Waals surface area contributed by atoms with E-state index in [1.54, 1.807) is 0 Å². The standard InChI is InChI=1S/C18H20BrNO/c1-12-4-3-9-20(13(12)2)18(21)16-6-5-15-11-17(19)8-7-14(15)10-16/h5-8,10-13H,3-4,9H2,1-2H3. The number of amides is 1. The van der Waals surface area contributed by atoms with Gasteiger partial charge in [-0.25, -0.2) is 0 Å². The molecular weight excluding hydrogens is 326 g/mol. The molecule has 1 fully saturated rings. The van der Waals surface area contributed by atoms with Gasteiger partial charge >= 0.3 is 0 Å². The summed E-state index contributed by atoms with van der Waals surface area (Å²) in [5, 5.41) is 2.27. The van der Waals surface area contributed by atoms with Crippen LogP contribution in [0.3, 0.4) is 0 Å². The van der Waals surface area contributed by atoms with Gasteiger partial charge in [0.25, 0.3) is 5.91 Å². The highest BCUT2D eigenvalue weighted by molar-refractivity contribution is 9.10. The molecule has 2 aromatic carbocycles. The van der Waals surface area contributed by atoms with Gasteiger partial charge in [-0.1, -0.05) is 35.0 Å². The topological polar surface area (TPSA) is 20.3 Å². The molecule has 21 heavy (non-hydrogen) atoms. The number of hydrogen-bond acceptors (Lipinski definition) is 1. The maximum Gasteiger partial charge on any atom is 0.254 e. The van der Waals surface area contributed by atoms with E-state index < -0.39 is 0 Å². The second-order valence-corrected chi connectivity index (χ2v) is 6.98. The highest BCUT2D eigenvalue weighted by Gasteiger charge is 2.28. The van der Waals surface area contributed by atoms with Gasteiger partial charge < -0.3 is 4.90 Å². The number of piperidine rings is 1. The first kappa shape index (κ1) is 14.6. The molecule has 110 valence electrons. The summed E-state index contributed by atoms with van der Waals surface area (Å²) in [7, 11) is 0. The van der Waals surface area contributed by atoms with Crippen LogP contribution in [0, 0.1) is 5.92 Å². The van der Waals surface area contributed by atoms with Gasteiger partial charge in [0.15, 0.2) is 0 Å². The lowest BCUT2D eigenvalue weighted by atomic mass is 9.91. The molecule has 0 bridgehead atoms. The fourth-order valence-electron chi connectivity index (χ4n) is 3.14. The van der Waals surface area contributed by atoms with Crippen LogP contribution >= 0.6 is 15.9 Å². The second kappa shape index (κ2) is 5.80. The predicted molar refractivity (Wildman–Crippen MR) is 90.5 cm³/mol. The number of hydrogen-bond donors (Lipinski definition) is 0. The Kier molecular flexibility index (Phi) is 4.03. The van der Waals surface area contributed by atoms with Crippen molar-refractivity contribution in [2.45, 2.75) is 32.7 Å². The highest BCUT2D eigenvalue weighted by Crippen LogP contribution is 2.26. The summed E-state index contributed by atoms with van der Waals surface area (Å²) in [5.41, 5.74) is 0.797. The minimum absolute atomic E-state index is 0.166. The van der Waals surface area contributed by atoms with Gasteiger partial charge in [-0.05, 0) is 60.7 Å². The lowest BCUT2D eigenvalue weighted by Gasteiger charge is -2.38. The third kappa shape index (κ3) is 2.84. The molecule has 3 heteroatoms. The molecule has 2 unspecified atom stereocenters. The summed E-state index contributed by atoms with van der Waals surface area (Å²) in [6, 6.07) is 12.5. The fraction of sp³-hybridized carbons (Fsp3) is 0.389. The van der Waals surface area contributed by atoms with Crippen molar-refractivity contribution in [2.24, 2.45) is 5.92 Å². The molecule has 0 aliphatic carbocycles. The van der Waals surface area contributed by atoms with E-state index >= 15 is 0 Å². The molecule has 1 aliphatic heterocycles. The van der Waals surface area contributed by atoms with Gasteiger partial charge in [0.2, 0.25) is 0 Å². The molecule has 2 nitrogen and oxygen atoms in total. The van der Waals surface area contributed by atoms with Crippen LogP contribution in [0.15, 0.2) is 40.9 Å². The number of fused-ring (bicyclic) bond motifs is 1. The lowest BCUT2D eigenvalue weighted by Crippen LogP contribution is -2.46. The Bertz CT molecular complexity index is 682. The van der Waals surface area contributed by atoms with Gasteiger partial charge in [-0.15, -0.1) is 0 Å². The van der Waals surface area contributed by atoms with E-state index in [-0.39, 0.29) is 5.91 Å². The van der Waals surface area contributed by atoms with E-state index in [1.165, 1.54) is 6.42 Å². The minimum Gasteiger partial charge on any atom is -0.336 e. The normalized spacial score (nSPS) is 22.5. The number of halogens is 1. The monoisotopic (exact) mass is 345 g/mol. The zero-order valence-electron chi connectivity index (χ0n) is 12.5. The summed E-state index contributed by atoms with van der Waals surface area (Å²) < 4.78 is 1.06. The van der Waals surface area contributed by atoms with Crippen molar-refractivity contribution in [3.05, 3.63) is 46.4 Å². The van der Waals surface area contributed by atoms with Gasteiger partial charge in [0, 0.05) is 22.6 Å². The Morgan fingerprint density at radius 1 is 1.14 bits per heavy atom. The highest BCUT2D eigenvalue weighted by atomic mass is 79.9. The molecule has 0 aromatic heterocycles. The van der Waals surface area contributed by atoms with E-state index in [2.05, 4.69) is 41.9 Å². The summed E-state index contributed by atoms with van der Waals surface area (Å²) >= 11 is 3.48. The number of carbonyl (C=O) groups is 1. The smallest absolute Gasteiger partial charge is 0.254 e. The molecule has 0 N–H and O–H groups in total. The lowest BCUT2D eigenvalue weighted by molar-refractivity contribution is 0.0551. The van der Waals surface area contributed by atoms with Crippen LogP contribution in [0.25, 0.3) is 10.8 Å². The fourth-order valence-corrected chi connectivity index (χ4v) is 3.52. The molecule has 1 aliphatic rings. The zero-order chi connectivity index (χ0) is 15.0. The van der Waals surface area contributed by atoms with Gasteiger partial charge in [-0.3, -0.25) is 4.79 Å². The molecule has 0 saturated carbocycles. The molecular formula is C18H20BrNO. The largest absolute Gasteiger partial charge is 0.336 e. The molecule has 1 saturated heterocycles. The first-order chi connectivity index (χ1) is 10.1. The van der Waals surface area contributed by atoms with Gasteiger partial charge in [0.1, 0.15) is 0 Å². The van der Waals surface area contributed by atoms with Crippen molar-refractivity contribution < 1.29 is 4.79 Å². The Morgan fingerprint density at radius 3 is 2.67 bits per heavy atom. The van der Waals surface area contributed by atoms with Crippen molar-refractivity contribution in [1.29, 1.82) is 0 Å². The van der Waals surface area contributed by atoms with E-state index in [0.717, 1.165) is 33.8 Å². The first-order valence-electron chi connectivity index (χ1n) is 7.56. The summed E-state index contributed by atoms with van der Waals surface area (Å²) in [6.07, 6.45) is 2.33. The van der Waals surface area contributed by atoms with Crippen molar-refractivity contribution in [1.82, 2.24) is 4.90 Å². The predicted octanol–water partition coefficient (Wildman–Crippen LogP) is 4.86. The molecule has 0 radical (unpaired) electrons. The van der Waals surface area contributed by atoms with Crippen LogP contribution in [0.4, 0.5) is 0 Å². The molecule has 1 amide bonds. The van der Waals surface area contributed by atoms with Gasteiger partial charge in [0.05, 0.1) is 0 Å². The van der Waals surface area contributed by atoms with Crippen molar-refractivity contribution in [3.8, 4) is 0 Å². The van der Waals surface area contributed by atoms with Crippen LogP contribution in [0.2, 0.25) is 0 Å². The van der Waals surface area contributed by atoms with E-state index in [1.807, 2.05) is 29.2 Å². The maximum absolute atomic E-state index is 12.8. The Balaban J connectivity index is 1.92. The summed E-state index contributed by atoms with van der Waals surface area (Å²) in [6.45, 7) is 5.28. The number of carbonyl (C=O) groups excluding carboxylic acids is 1. The number of rotatable bonds is 1. The molecule has 2 aromatic rings. The van der Waals surface area contributed by atoms with Crippen molar-refractivity contribution in [3.63, 3.8) is 0 Å². The number of likely N-dealkylation sites (tertiary alicyclic amines) is 1. The zero-order valence-corrected chi connectivity index (χ0v) is 14.1. The van der Waals surface area contributed by atoms with Crippen molar-refractivity contribution in [2.75, 3.05) is 6.54 Å². The quantitative estimate of drug-likeness (QED) is 0.722. The average Bonchev–Trinajstić information content (AvgIpc) is 2.49. The molecule has 0 spiro atoms. The Morgan fingerprint density at radius 2 is 1.86 bits per heavy atom. The maximum atomic E-state index is 12.8. The second-order valence-electron chi connectivity index (χ2n) is 6.06. The van der Waals surface area contributed by atoms with Crippen LogP contribution in [-0.4, -0.2) is 23.4 Å². The van der Waals surface area contributed by atoms with Crippen LogP contribution < -0.4 is 0 Å². The number of benzene rings is 2. The van der Waals surface area contributed by atoms with Gasteiger partial charge in [-0.2, -0.15) is 0 Å². The van der Waals surface area contributed by atoms with Crippen LogP contribution in [0.1, 0.15) is 37.0 Å². The minimum atomic E-state index is 0.166. The Hall–Kier alpha value is -1.35. The third-order valence-electron chi connectivity index (χ3n) is 4.68. The first-order valence-corrected chi connectivity index (χ1v) is 8.36. The Labute approximate surface area is 134 Å². The number of nitrogens with zero attached hydrogens (tertiary/aromatic N) is 1. The van der Waals surface area contributed by atoms with Crippen LogP contribution in [0.5, 0.6) is 0 Å². The average molecular weight is 346 g/mol. The molecule has 1 heterocycles.